The van der Waals surface area contributed by atoms with Crippen molar-refractivity contribution in [1.82, 2.24) is 14.1 Å². The van der Waals surface area contributed by atoms with Crippen LogP contribution >= 0.6 is 0 Å². The van der Waals surface area contributed by atoms with Crippen LogP contribution in [-0.4, -0.2) is 14.1 Å². The van der Waals surface area contributed by atoms with Crippen molar-refractivity contribution in [3.8, 4) is 84.3 Å². The van der Waals surface area contributed by atoms with Crippen LogP contribution in [0.25, 0.3) is 106 Å². The summed E-state index contributed by atoms with van der Waals surface area (Å²) in [7, 11) is 0. The number of nitrogens with zero attached hydrogens (tertiary/aromatic N) is 4. The van der Waals surface area contributed by atoms with E-state index in [-0.39, 0.29) is 27.1 Å². The molecule has 2 aliphatic carbocycles. The Morgan fingerprint density at radius 1 is 0.447 bits per heavy atom. The van der Waals surface area contributed by atoms with Crippen LogP contribution in [0.5, 0.6) is 11.5 Å². The van der Waals surface area contributed by atoms with Gasteiger partial charge in [0.25, 0.3) is 6.33 Å². The first-order valence-electron chi connectivity index (χ1n) is 30.7. The van der Waals surface area contributed by atoms with Crippen molar-refractivity contribution < 1.29 is 9.30 Å². The number of rotatable bonds is 6. The Labute approximate surface area is 501 Å². The molecule has 5 nitrogen and oxygen atoms in total. The summed E-state index contributed by atoms with van der Waals surface area (Å²) in [5.74, 6) is 2.36. The first kappa shape index (κ1) is 53.0. The lowest BCUT2D eigenvalue weighted by atomic mass is 9.62. The van der Waals surface area contributed by atoms with Crippen molar-refractivity contribution in [2.45, 2.75) is 129 Å². The van der Waals surface area contributed by atoms with Crippen LogP contribution in [-0.2, 0) is 27.1 Å². The lowest BCUT2D eigenvalue weighted by Crippen LogP contribution is -2.34. The average Bonchev–Trinajstić information content (AvgIpc) is 2.48. The lowest BCUT2D eigenvalue weighted by Gasteiger charge is -2.42. The fourth-order valence-electron chi connectivity index (χ4n) is 14.8. The van der Waals surface area contributed by atoms with Gasteiger partial charge in [-0.3, -0.25) is 13.7 Å². The first-order chi connectivity index (χ1) is 40.7. The van der Waals surface area contributed by atoms with Gasteiger partial charge in [-0.05, 0) is 179 Å². The molecule has 0 bridgehead atoms. The van der Waals surface area contributed by atoms with Crippen LogP contribution in [0.15, 0.2) is 200 Å². The highest BCUT2D eigenvalue weighted by molar-refractivity contribution is 6.10. The molecule has 9 aromatic carbocycles. The van der Waals surface area contributed by atoms with Gasteiger partial charge >= 0.3 is 0 Å². The van der Waals surface area contributed by atoms with Crippen LogP contribution in [0.2, 0.25) is 0 Å². The molecule has 5 heteroatoms. The van der Waals surface area contributed by atoms with E-state index in [2.05, 4.69) is 290 Å². The summed E-state index contributed by atoms with van der Waals surface area (Å²) in [6.07, 6.45) is 10.7. The molecule has 15 rings (SSSR count). The Hall–Kier alpha value is -8.80. The van der Waals surface area contributed by atoms with Crippen molar-refractivity contribution in [3.63, 3.8) is 0 Å². The number of imidazole rings is 1. The minimum Gasteiger partial charge on any atom is -0.458 e. The highest BCUT2D eigenvalue weighted by Crippen LogP contribution is 2.53. The molecular weight excluding hydrogens is 1030 g/mol. The summed E-state index contributed by atoms with van der Waals surface area (Å²) < 4.78 is 14.0. The van der Waals surface area contributed by atoms with Crippen LogP contribution in [0.4, 0.5) is 0 Å². The molecule has 3 aromatic heterocycles. The van der Waals surface area contributed by atoms with Gasteiger partial charge in [0.05, 0.1) is 33.4 Å². The first-order valence-corrected chi connectivity index (χ1v) is 30.7. The Kier molecular flexibility index (Phi) is 11.7. The van der Waals surface area contributed by atoms with E-state index in [9.17, 15) is 0 Å². The van der Waals surface area contributed by atoms with Crippen LogP contribution in [0, 0.1) is 6.33 Å². The van der Waals surface area contributed by atoms with E-state index in [4.69, 9.17) is 9.72 Å². The maximum atomic E-state index is 7.01. The number of aromatic nitrogens is 4. The molecule has 4 heterocycles. The van der Waals surface area contributed by atoms with Crippen molar-refractivity contribution in [2.75, 3.05) is 0 Å². The van der Waals surface area contributed by atoms with Crippen molar-refractivity contribution in [1.29, 1.82) is 0 Å². The molecule has 0 fully saturated rings. The maximum Gasteiger partial charge on any atom is 0.269 e. The molecule has 0 spiro atoms. The largest absolute Gasteiger partial charge is 0.458 e. The fraction of sp³-hybridized carbons (Fsp3) is 0.250. The third kappa shape index (κ3) is 8.46. The zero-order chi connectivity index (χ0) is 58.5. The van der Waals surface area contributed by atoms with Crippen molar-refractivity contribution in [3.05, 3.63) is 234 Å². The van der Waals surface area contributed by atoms with Crippen molar-refractivity contribution in [2.24, 2.45) is 0 Å². The molecule has 0 atom stereocenters. The number of fused-ring (bicyclic) bond motifs is 12. The summed E-state index contributed by atoms with van der Waals surface area (Å²) in [4.78, 5) is 4.96. The highest BCUT2D eigenvalue weighted by Gasteiger charge is 2.40. The molecule has 0 radical (unpaired) electrons. The third-order valence-corrected chi connectivity index (χ3v) is 19.9. The highest BCUT2D eigenvalue weighted by atomic mass is 16.5. The molecule has 12 aromatic rings. The zero-order valence-electron chi connectivity index (χ0n) is 51.1. The minimum absolute atomic E-state index is 0.0135. The van der Waals surface area contributed by atoms with Gasteiger partial charge in [-0.1, -0.05) is 216 Å². The number of ether oxygens (including phenoxy) is 1. The second-order valence-corrected chi connectivity index (χ2v) is 28.3. The summed E-state index contributed by atoms with van der Waals surface area (Å²) in [6.45, 7) is 26.2. The zero-order valence-corrected chi connectivity index (χ0v) is 51.1. The number of pyridine rings is 1. The van der Waals surface area contributed by atoms with Gasteiger partial charge in [-0.2, -0.15) is 0 Å². The molecule has 0 saturated carbocycles. The Morgan fingerprint density at radius 3 is 1.67 bits per heavy atom. The second kappa shape index (κ2) is 18.9. The number of para-hydroxylation sites is 2. The topological polar surface area (TPSA) is 35.9 Å². The summed E-state index contributed by atoms with van der Waals surface area (Å²) in [6, 6.07) is 72.6. The molecule has 85 heavy (non-hydrogen) atoms. The third-order valence-electron chi connectivity index (χ3n) is 19.9. The molecule has 0 amide bonds. The van der Waals surface area contributed by atoms with Gasteiger partial charge in [0, 0.05) is 28.6 Å². The van der Waals surface area contributed by atoms with Gasteiger partial charge < -0.3 is 4.74 Å². The molecule has 1 aliphatic heterocycles. The number of benzene rings is 9. The second-order valence-electron chi connectivity index (χ2n) is 28.3. The Bertz CT molecular complexity index is 4740. The van der Waals surface area contributed by atoms with Gasteiger partial charge in [0.1, 0.15) is 17.3 Å². The minimum atomic E-state index is -0.0349. The summed E-state index contributed by atoms with van der Waals surface area (Å²) in [5.41, 5.74) is 25.4. The van der Waals surface area contributed by atoms with Gasteiger partial charge in [0.15, 0.2) is 0 Å². The van der Waals surface area contributed by atoms with Gasteiger partial charge in [0.2, 0.25) is 0 Å². The monoisotopic (exact) mass is 1110 g/mol. The normalized spacial score (nSPS) is 16.1. The van der Waals surface area contributed by atoms with Crippen LogP contribution in [0.3, 0.4) is 0 Å². The molecule has 0 N–H and O–H groups in total. The molecule has 3 aliphatic rings. The average molecular weight is 1110 g/mol. The standard InChI is InChI=1S/C80H74N4O/c1-76(2,3)52-38-43-81-72(46-52)84-69-28-17-16-25-61(69)62-33-32-55(48-71(62)84)85-54-21-18-20-53(47-54)82-49-83-74-64(27-19-29-70(74)82)60-24-13-12-22-58(60)59-23-14-15-26-63(59)73-56(50-30-36-65-67(44-50)79(8,9)41-39-77(65,4)5)34-35-57(75(73)83)51-31-37-66-68(45-51)80(10,11)42-40-78(66,6)7/h12-38,43-48H,39-42H2,1-11H3. The molecular formula is C80H74N4O. The number of hydrogen-bond acceptors (Lipinski definition) is 2. The maximum absolute atomic E-state index is 7.01. The summed E-state index contributed by atoms with van der Waals surface area (Å²) >= 11 is 0. The van der Waals surface area contributed by atoms with Crippen molar-refractivity contribution >= 4 is 32.8 Å². The number of hydrogen-bond donors (Lipinski definition) is 0. The predicted molar refractivity (Wildman–Crippen MR) is 352 cm³/mol. The molecule has 0 unspecified atom stereocenters. The molecule has 420 valence electrons. The summed E-state index contributed by atoms with van der Waals surface area (Å²) in [5, 5.41) is 2.32. The Morgan fingerprint density at radius 2 is 0.988 bits per heavy atom. The fourth-order valence-corrected chi connectivity index (χ4v) is 14.8. The SMILES string of the molecule is CC(C)(C)c1ccnc(-n2c3ccccc3c3ccc(Oc4cccc(-n5[c-][n+]6c7c(cccc75)-c5ccccc5-c5ccccc5-c5c(-c7ccc8c(c7)C(C)(C)CCC8(C)C)ccc(-c7ccc8c(c7)C(C)(C)CCC8(C)C)c5-6)c4)cc32)c1. The predicted octanol–water partition coefficient (Wildman–Crippen LogP) is 20.6. The Balaban J connectivity index is 0.975. The van der Waals surface area contributed by atoms with E-state index in [0.717, 1.165) is 81.0 Å². The van der Waals surface area contributed by atoms with E-state index >= 15 is 0 Å². The van der Waals surface area contributed by atoms with E-state index < -0.39 is 0 Å². The quantitative estimate of drug-likeness (QED) is 0.123. The molecule has 0 saturated heterocycles. The van der Waals surface area contributed by atoms with E-state index in [0.29, 0.717) is 0 Å². The van der Waals surface area contributed by atoms with E-state index in [1.807, 2.05) is 6.20 Å². The smallest absolute Gasteiger partial charge is 0.269 e. The van der Waals surface area contributed by atoms with Crippen LogP contribution < -0.4 is 9.30 Å². The lowest BCUT2D eigenvalue weighted by molar-refractivity contribution is -0.570. The van der Waals surface area contributed by atoms with E-state index in [1.165, 1.54) is 89.7 Å². The van der Waals surface area contributed by atoms with Crippen LogP contribution in [0.1, 0.15) is 130 Å². The van der Waals surface area contributed by atoms with Gasteiger partial charge in [-0.25, -0.2) is 4.98 Å². The van der Waals surface area contributed by atoms with Gasteiger partial charge in [-0.15, -0.1) is 0 Å². The van der Waals surface area contributed by atoms with E-state index in [1.54, 1.807) is 0 Å².